The van der Waals surface area contributed by atoms with Crippen molar-refractivity contribution in [3.05, 3.63) is 41.5 Å². The monoisotopic (exact) mass is 390 g/mol. The van der Waals surface area contributed by atoms with E-state index in [0.717, 1.165) is 29.8 Å². The molecule has 1 saturated heterocycles. The van der Waals surface area contributed by atoms with Gasteiger partial charge in [-0.1, -0.05) is 30.3 Å². The van der Waals surface area contributed by atoms with Crippen molar-refractivity contribution in [2.75, 3.05) is 18.0 Å². The van der Waals surface area contributed by atoms with Crippen molar-refractivity contribution in [1.82, 2.24) is 15.3 Å². The Morgan fingerprint density at radius 2 is 1.64 bits per heavy atom. The molecular weight excluding hydrogens is 364 g/mol. The average molecular weight is 391 g/mol. The zero-order valence-electron chi connectivity index (χ0n) is 16.1. The van der Waals surface area contributed by atoms with E-state index in [4.69, 9.17) is 9.97 Å². The summed E-state index contributed by atoms with van der Waals surface area (Å²) in [6.45, 7) is 2.18. The number of anilines is 1. The zero-order valence-corrected chi connectivity index (χ0v) is 16.9. The molecule has 0 spiro atoms. The highest BCUT2D eigenvalue weighted by Crippen LogP contribution is 2.43. The smallest absolute Gasteiger partial charge is 0.141 e. The summed E-state index contributed by atoms with van der Waals surface area (Å²) < 4.78 is 0. The number of fused-ring (bicyclic) bond motifs is 1. The molecular formula is C23H26N4S. The molecule has 4 nitrogen and oxygen atoms in total. The Kier molecular flexibility index (Phi) is 4.12. The maximum Gasteiger partial charge on any atom is 0.141 e. The van der Waals surface area contributed by atoms with Gasteiger partial charge in [0.05, 0.1) is 5.39 Å². The molecule has 144 valence electrons. The minimum Gasteiger partial charge on any atom is -0.356 e. The quantitative estimate of drug-likeness (QED) is 0.669. The summed E-state index contributed by atoms with van der Waals surface area (Å²) in [6.07, 6.45) is 7.65. The first-order valence-corrected chi connectivity index (χ1v) is 11.6. The van der Waals surface area contributed by atoms with Gasteiger partial charge >= 0.3 is 0 Å². The van der Waals surface area contributed by atoms with Gasteiger partial charge in [-0.3, -0.25) is 0 Å². The minimum atomic E-state index is 0.583. The molecule has 2 aliphatic carbocycles. The van der Waals surface area contributed by atoms with Crippen molar-refractivity contribution in [1.29, 1.82) is 0 Å². The molecule has 0 radical (unpaired) electrons. The molecule has 5 heteroatoms. The molecule has 3 fully saturated rings. The Morgan fingerprint density at radius 1 is 0.893 bits per heavy atom. The molecule has 6 rings (SSSR count). The van der Waals surface area contributed by atoms with Gasteiger partial charge in [0.2, 0.25) is 0 Å². The molecule has 2 aromatic heterocycles. The first-order valence-electron chi connectivity index (χ1n) is 10.7. The normalized spacial score (nSPS) is 20.8. The van der Waals surface area contributed by atoms with Crippen LogP contribution in [0.4, 0.5) is 5.82 Å². The third-order valence-electron chi connectivity index (χ3n) is 6.30. The number of rotatable bonds is 5. The number of hydrogen-bond donors (Lipinski definition) is 1. The van der Waals surface area contributed by atoms with Gasteiger partial charge in [0.15, 0.2) is 0 Å². The second kappa shape index (κ2) is 6.82. The molecule has 1 aromatic carbocycles. The number of nitrogens with zero attached hydrogens (tertiary/aromatic N) is 3. The Bertz CT molecular complexity index is 983. The first-order chi connectivity index (χ1) is 13.8. The second-order valence-corrected chi connectivity index (χ2v) is 9.44. The predicted molar refractivity (Wildman–Crippen MR) is 116 cm³/mol. The van der Waals surface area contributed by atoms with Crippen molar-refractivity contribution in [2.24, 2.45) is 0 Å². The van der Waals surface area contributed by atoms with Crippen molar-refractivity contribution >= 4 is 27.4 Å². The molecule has 28 heavy (non-hydrogen) atoms. The largest absolute Gasteiger partial charge is 0.356 e. The molecule has 0 bridgehead atoms. The first kappa shape index (κ1) is 16.9. The Morgan fingerprint density at radius 3 is 2.36 bits per heavy atom. The molecule has 3 heterocycles. The van der Waals surface area contributed by atoms with Crippen LogP contribution < -0.4 is 10.2 Å². The topological polar surface area (TPSA) is 41.1 Å². The van der Waals surface area contributed by atoms with E-state index < -0.39 is 0 Å². The summed E-state index contributed by atoms with van der Waals surface area (Å²) in [6, 6.07) is 12.2. The fourth-order valence-corrected chi connectivity index (χ4v) is 5.31. The summed E-state index contributed by atoms with van der Waals surface area (Å²) in [7, 11) is 0. The van der Waals surface area contributed by atoms with Crippen LogP contribution in [-0.4, -0.2) is 35.1 Å². The van der Waals surface area contributed by atoms with Gasteiger partial charge in [-0.05, 0) is 44.1 Å². The number of aromatic nitrogens is 2. The van der Waals surface area contributed by atoms with Crippen LogP contribution in [0.15, 0.2) is 35.7 Å². The Balaban J connectivity index is 1.38. The number of nitrogens with one attached hydrogen (secondary N) is 1. The molecule has 1 aliphatic heterocycles. The molecule has 3 aromatic rings. The van der Waals surface area contributed by atoms with Crippen LogP contribution in [0.1, 0.15) is 50.3 Å². The van der Waals surface area contributed by atoms with Crippen molar-refractivity contribution in [3.8, 4) is 11.1 Å². The highest BCUT2D eigenvalue weighted by Gasteiger charge is 2.31. The minimum absolute atomic E-state index is 0.583. The maximum atomic E-state index is 5.14. The van der Waals surface area contributed by atoms with E-state index in [1.54, 1.807) is 11.3 Å². The zero-order chi connectivity index (χ0) is 18.5. The number of benzene rings is 1. The van der Waals surface area contributed by atoms with E-state index in [-0.39, 0.29) is 0 Å². The van der Waals surface area contributed by atoms with E-state index in [2.05, 4.69) is 45.9 Å². The van der Waals surface area contributed by atoms with Crippen LogP contribution >= 0.6 is 11.3 Å². The molecule has 1 N–H and O–H groups in total. The fourth-order valence-electron chi connectivity index (χ4n) is 4.36. The molecule has 0 atom stereocenters. The van der Waals surface area contributed by atoms with Crippen LogP contribution in [-0.2, 0) is 0 Å². The van der Waals surface area contributed by atoms with Gasteiger partial charge < -0.3 is 10.2 Å². The van der Waals surface area contributed by atoms with E-state index in [1.165, 1.54) is 60.9 Å². The van der Waals surface area contributed by atoms with Crippen LogP contribution in [0.5, 0.6) is 0 Å². The van der Waals surface area contributed by atoms with E-state index in [0.29, 0.717) is 12.0 Å². The standard InChI is InChI=1S/C23H26N4S/c1-2-4-15(5-3-1)19-14-28-23-20(19)22(25-21(26-23)16-6-7-16)27-12-10-18(11-13-27)24-17-8-9-17/h1-5,14,16-18,24H,6-13H2. The third kappa shape index (κ3) is 3.20. The Labute approximate surface area is 170 Å². The summed E-state index contributed by atoms with van der Waals surface area (Å²) in [5.74, 6) is 2.83. The van der Waals surface area contributed by atoms with Gasteiger partial charge in [-0.25, -0.2) is 9.97 Å². The summed E-state index contributed by atoms with van der Waals surface area (Å²) in [5, 5.41) is 7.35. The summed E-state index contributed by atoms with van der Waals surface area (Å²) >= 11 is 1.77. The lowest BCUT2D eigenvalue weighted by Gasteiger charge is -2.34. The van der Waals surface area contributed by atoms with Crippen molar-refractivity contribution in [3.63, 3.8) is 0 Å². The highest BCUT2D eigenvalue weighted by atomic mass is 32.1. The Hall–Kier alpha value is -1.98. The van der Waals surface area contributed by atoms with Crippen molar-refractivity contribution in [2.45, 2.75) is 56.5 Å². The summed E-state index contributed by atoms with van der Waals surface area (Å²) in [5.41, 5.74) is 2.55. The van der Waals surface area contributed by atoms with Crippen LogP contribution in [0.2, 0.25) is 0 Å². The van der Waals surface area contributed by atoms with E-state index >= 15 is 0 Å². The number of hydrogen-bond acceptors (Lipinski definition) is 5. The maximum absolute atomic E-state index is 5.14. The molecule has 0 unspecified atom stereocenters. The van der Waals surface area contributed by atoms with Gasteiger partial charge in [0, 0.05) is 42.0 Å². The highest BCUT2D eigenvalue weighted by molar-refractivity contribution is 7.17. The van der Waals surface area contributed by atoms with Crippen LogP contribution in [0, 0.1) is 0 Å². The lowest BCUT2D eigenvalue weighted by molar-refractivity contribution is 0.412. The van der Waals surface area contributed by atoms with Gasteiger partial charge in [0.25, 0.3) is 0 Å². The van der Waals surface area contributed by atoms with E-state index in [1.807, 2.05) is 0 Å². The average Bonchev–Trinajstić information content (AvgIpc) is 3.67. The molecule has 2 saturated carbocycles. The second-order valence-electron chi connectivity index (χ2n) is 8.58. The van der Waals surface area contributed by atoms with Gasteiger partial charge in [-0.2, -0.15) is 0 Å². The molecule has 3 aliphatic rings. The SMILES string of the molecule is c1ccc(-c2csc3nc(C4CC4)nc(N4CCC(NC5CC5)CC4)c23)cc1. The summed E-state index contributed by atoms with van der Waals surface area (Å²) in [4.78, 5) is 13.8. The van der Waals surface area contributed by atoms with Gasteiger partial charge in [-0.15, -0.1) is 11.3 Å². The number of thiophene rings is 1. The lowest BCUT2D eigenvalue weighted by atomic mass is 10.0. The van der Waals surface area contributed by atoms with Crippen molar-refractivity contribution < 1.29 is 0 Å². The number of piperidine rings is 1. The fraction of sp³-hybridized carbons (Fsp3) is 0.478. The van der Waals surface area contributed by atoms with E-state index in [9.17, 15) is 0 Å². The van der Waals surface area contributed by atoms with Crippen LogP contribution in [0.3, 0.4) is 0 Å². The predicted octanol–water partition coefficient (Wildman–Crippen LogP) is 4.96. The molecule has 0 amide bonds. The van der Waals surface area contributed by atoms with Crippen LogP contribution in [0.25, 0.3) is 21.3 Å². The lowest BCUT2D eigenvalue weighted by Crippen LogP contribution is -2.43. The van der Waals surface area contributed by atoms with Gasteiger partial charge in [0.1, 0.15) is 16.5 Å². The third-order valence-corrected chi connectivity index (χ3v) is 7.17.